The van der Waals surface area contributed by atoms with Crippen molar-refractivity contribution in [3.05, 3.63) is 29.8 Å². The minimum atomic E-state index is 0.171. The van der Waals surface area contributed by atoms with E-state index in [1.807, 2.05) is 23.9 Å². The highest BCUT2D eigenvalue weighted by Crippen LogP contribution is 2.41. The molecule has 0 saturated carbocycles. The van der Waals surface area contributed by atoms with E-state index < -0.39 is 0 Å². The molecule has 0 aromatic heterocycles. The first-order valence-electron chi connectivity index (χ1n) is 5.64. The van der Waals surface area contributed by atoms with E-state index in [1.54, 1.807) is 7.11 Å². The van der Waals surface area contributed by atoms with E-state index in [4.69, 9.17) is 9.47 Å². The summed E-state index contributed by atoms with van der Waals surface area (Å²) >= 11 is 1.89. The molecular formula is C13H18O2S. The third kappa shape index (κ3) is 2.71. The number of hydrogen-bond acceptors (Lipinski definition) is 3. The molecule has 1 saturated heterocycles. The lowest BCUT2D eigenvalue weighted by Crippen LogP contribution is -2.23. The summed E-state index contributed by atoms with van der Waals surface area (Å²) in [5.74, 6) is 0.894. The summed E-state index contributed by atoms with van der Waals surface area (Å²) in [5, 5.41) is 0.663. The fourth-order valence-corrected chi connectivity index (χ4v) is 3.32. The molecule has 2 nitrogen and oxygen atoms in total. The maximum absolute atomic E-state index is 5.94. The lowest BCUT2D eigenvalue weighted by Gasteiger charge is -2.31. The molecule has 1 fully saturated rings. The highest BCUT2D eigenvalue weighted by Gasteiger charge is 2.25. The van der Waals surface area contributed by atoms with Gasteiger partial charge in [0, 0.05) is 5.25 Å². The average Bonchev–Trinajstić information content (AvgIpc) is 2.28. The van der Waals surface area contributed by atoms with Gasteiger partial charge in [0.1, 0.15) is 11.2 Å². The second-order valence-corrected chi connectivity index (χ2v) is 5.74. The van der Waals surface area contributed by atoms with Crippen LogP contribution in [0.5, 0.6) is 5.75 Å². The molecule has 1 aromatic carbocycles. The molecule has 1 aliphatic rings. The van der Waals surface area contributed by atoms with E-state index in [0.29, 0.717) is 11.4 Å². The zero-order valence-corrected chi connectivity index (χ0v) is 10.8. The van der Waals surface area contributed by atoms with Crippen LogP contribution in [0.3, 0.4) is 0 Å². The zero-order chi connectivity index (χ0) is 11.5. The van der Waals surface area contributed by atoms with Crippen LogP contribution in [0.15, 0.2) is 24.3 Å². The van der Waals surface area contributed by atoms with Gasteiger partial charge in [0.15, 0.2) is 0 Å². The molecule has 1 aromatic rings. The van der Waals surface area contributed by atoms with Gasteiger partial charge in [0.05, 0.1) is 13.2 Å². The van der Waals surface area contributed by atoms with Crippen molar-refractivity contribution in [3.63, 3.8) is 0 Å². The van der Waals surface area contributed by atoms with Gasteiger partial charge in [-0.25, -0.2) is 0 Å². The van der Waals surface area contributed by atoms with E-state index >= 15 is 0 Å². The lowest BCUT2D eigenvalue weighted by atomic mass is 10.2. The predicted octanol–water partition coefficient (Wildman–Crippen LogP) is 3.62. The van der Waals surface area contributed by atoms with Gasteiger partial charge < -0.3 is 9.47 Å². The Balaban J connectivity index is 2.10. The Bertz CT molecular complexity index is 326. The third-order valence-electron chi connectivity index (χ3n) is 2.76. The van der Waals surface area contributed by atoms with Crippen molar-refractivity contribution in [3.8, 4) is 5.75 Å². The SMILES string of the molecule is COc1ccc(C2OC(C)CC(C)S2)cc1. The monoisotopic (exact) mass is 238 g/mol. The Kier molecular flexibility index (Phi) is 3.77. The molecule has 88 valence electrons. The molecule has 1 heterocycles. The normalized spacial score (nSPS) is 30.1. The number of benzene rings is 1. The van der Waals surface area contributed by atoms with E-state index in [1.165, 1.54) is 5.56 Å². The molecule has 3 heteroatoms. The maximum atomic E-state index is 5.94. The van der Waals surface area contributed by atoms with Gasteiger partial charge >= 0.3 is 0 Å². The highest BCUT2D eigenvalue weighted by molar-refractivity contribution is 8.00. The van der Waals surface area contributed by atoms with Gasteiger partial charge in [-0.3, -0.25) is 0 Å². The van der Waals surface area contributed by atoms with Crippen LogP contribution in [0.1, 0.15) is 31.3 Å². The summed E-state index contributed by atoms with van der Waals surface area (Å²) in [6.07, 6.45) is 1.49. The second kappa shape index (κ2) is 5.11. The summed E-state index contributed by atoms with van der Waals surface area (Å²) in [6, 6.07) is 8.15. The lowest BCUT2D eigenvalue weighted by molar-refractivity contribution is 0.0323. The molecule has 0 N–H and O–H groups in total. The topological polar surface area (TPSA) is 18.5 Å². The van der Waals surface area contributed by atoms with Crippen LogP contribution < -0.4 is 4.74 Å². The minimum Gasteiger partial charge on any atom is -0.497 e. The Labute approximate surface area is 101 Å². The second-order valence-electron chi connectivity index (χ2n) is 4.23. The van der Waals surface area contributed by atoms with Crippen LogP contribution in [0.2, 0.25) is 0 Å². The third-order valence-corrected chi connectivity index (χ3v) is 4.05. The highest BCUT2D eigenvalue weighted by atomic mass is 32.2. The quantitative estimate of drug-likeness (QED) is 0.784. The molecule has 0 radical (unpaired) electrons. The van der Waals surface area contributed by atoms with Crippen LogP contribution in [-0.2, 0) is 4.74 Å². The predicted molar refractivity (Wildman–Crippen MR) is 68.0 cm³/mol. The molecule has 2 rings (SSSR count). The molecule has 0 aliphatic carbocycles. The Morgan fingerprint density at radius 3 is 2.50 bits per heavy atom. The Hall–Kier alpha value is -0.670. The number of rotatable bonds is 2. The largest absolute Gasteiger partial charge is 0.497 e. The van der Waals surface area contributed by atoms with Crippen LogP contribution >= 0.6 is 11.8 Å². The van der Waals surface area contributed by atoms with Gasteiger partial charge in [0.25, 0.3) is 0 Å². The van der Waals surface area contributed by atoms with Crippen LogP contribution in [0.25, 0.3) is 0 Å². The van der Waals surface area contributed by atoms with Crippen molar-refractivity contribution in [2.45, 2.75) is 37.1 Å². The molecule has 3 unspecified atom stereocenters. The molecule has 0 spiro atoms. The van der Waals surface area contributed by atoms with Crippen LogP contribution in [0, 0.1) is 0 Å². The fourth-order valence-electron chi connectivity index (χ4n) is 1.95. The first-order chi connectivity index (χ1) is 7.69. The first-order valence-corrected chi connectivity index (χ1v) is 6.58. The van der Waals surface area contributed by atoms with Crippen molar-refractivity contribution >= 4 is 11.8 Å². The Morgan fingerprint density at radius 2 is 1.94 bits per heavy atom. The summed E-state index contributed by atoms with van der Waals surface area (Å²) in [7, 11) is 1.69. The molecule has 1 aliphatic heterocycles. The summed E-state index contributed by atoms with van der Waals surface area (Å²) in [4.78, 5) is 0. The van der Waals surface area contributed by atoms with Crippen molar-refractivity contribution in [2.75, 3.05) is 7.11 Å². The van der Waals surface area contributed by atoms with Gasteiger partial charge in [0.2, 0.25) is 0 Å². The maximum Gasteiger partial charge on any atom is 0.129 e. The smallest absolute Gasteiger partial charge is 0.129 e. The minimum absolute atomic E-state index is 0.171. The number of hydrogen-bond donors (Lipinski definition) is 0. The van der Waals surface area contributed by atoms with Gasteiger partial charge in [-0.2, -0.15) is 0 Å². The standard InChI is InChI=1S/C13H18O2S/c1-9-8-10(2)16-13(15-9)11-4-6-12(14-3)7-5-11/h4-7,9-10,13H,8H2,1-3H3. The van der Waals surface area contributed by atoms with Crippen molar-refractivity contribution in [1.82, 2.24) is 0 Å². The van der Waals surface area contributed by atoms with Crippen LogP contribution in [-0.4, -0.2) is 18.5 Å². The van der Waals surface area contributed by atoms with E-state index in [0.717, 1.165) is 12.2 Å². The van der Waals surface area contributed by atoms with Gasteiger partial charge in [-0.05, 0) is 31.0 Å². The molecule has 0 amide bonds. The van der Waals surface area contributed by atoms with Crippen molar-refractivity contribution in [1.29, 1.82) is 0 Å². The zero-order valence-electron chi connectivity index (χ0n) is 9.97. The number of ether oxygens (including phenoxy) is 2. The van der Waals surface area contributed by atoms with E-state index in [9.17, 15) is 0 Å². The van der Waals surface area contributed by atoms with Crippen molar-refractivity contribution < 1.29 is 9.47 Å². The van der Waals surface area contributed by atoms with E-state index in [2.05, 4.69) is 26.0 Å². The van der Waals surface area contributed by atoms with E-state index in [-0.39, 0.29) is 5.44 Å². The fraction of sp³-hybridized carbons (Fsp3) is 0.538. The molecular weight excluding hydrogens is 220 g/mol. The van der Waals surface area contributed by atoms with Crippen molar-refractivity contribution in [2.24, 2.45) is 0 Å². The number of methoxy groups -OCH3 is 1. The molecule has 16 heavy (non-hydrogen) atoms. The number of thioether (sulfide) groups is 1. The summed E-state index contributed by atoms with van der Waals surface area (Å²) < 4.78 is 11.1. The van der Waals surface area contributed by atoms with Gasteiger partial charge in [-0.1, -0.05) is 19.1 Å². The van der Waals surface area contributed by atoms with Gasteiger partial charge in [-0.15, -0.1) is 11.8 Å². The molecule has 3 atom stereocenters. The molecule has 0 bridgehead atoms. The Morgan fingerprint density at radius 1 is 1.25 bits per heavy atom. The first kappa shape index (κ1) is 11.8. The summed E-state index contributed by atoms with van der Waals surface area (Å²) in [6.45, 7) is 4.41. The summed E-state index contributed by atoms with van der Waals surface area (Å²) in [5.41, 5.74) is 1.40. The average molecular weight is 238 g/mol. The van der Waals surface area contributed by atoms with Crippen LogP contribution in [0.4, 0.5) is 0 Å².